The lowest BCUT2D eigenvalue weighted by Gasteiger charge is -2.22. The van der Waals surface area contributed by atoms with E-state index in [1.807, 2.05) is 0 Å². The average Bonchev–Trinajstić information content (AvgIpc) is 3.14. The minimum Gasteiger partial charge on any atom is -0.490 e. The molecule has 0 saturated heterocycles. The Labute approximate surface area is 127 Å². The Bertz CT molecular complexity index is 642. The first kappa shape index (κ1) is 13.2. The highest BCUT2D eigenvalue weighted by Gasteiger charge is 2.39. The van der Waals surface area contributed by atoms with Gasteiger partial charge in [-0.1, -0.05) is 12.5 Å². The van der Waals surface area contributed by atoms with Crippen molar-refractivity contribution in [1.82, 2.24) is 4.57 Å². The van der Waals surface area contributed by atoms with Crippen LogP contribution in [0.3, 0.4) is 0 Å². The van der Waals surface area contributed by atoms with Crippen LogP contribution in [0, 0.1) is 17.8 Å². The van der Waals surface area contributed by atoms with E-state index in [4.69, 9.17) is 4.74 Å². The second-order valence-corrected chi connectivity index (χ2v) is 7.26. The third-order valence-corrected chi connectivity index (χ3v) is 5.45. The normalized spacial score (nSPS) is 27.9. The van der Waals surface area contributed by atoms with E-state index in [-0.39, 0.29) is 6.10 Å². The van der Waals surface area contributed by atoms with Crippen molar-refractivity contribution >= 4 is 10.9 Å². The highest BCUT2D eigenvalue weighted by Crippen LogP contribution is 2.49. The molecular weight excluding hydrogens is 258 g/mol. The van der Waals surface area contributed by atoms with Crippen molar-refractivity contribution in [3.05, 3.63) is 30.5 Å². The van der Waals surface area contributed by atoms with Crippen LogP contribution in [0.15, 0.2) is 30.5 Å². The molecule has 4 rings (SSSR count). The van der Waals surface area contributed by atoms with Gasteiger partial charge in [0, 0.05) is 18.1 Å². The first-order valence-corrected chi connectivity index (χ1v) is 8.45. The summed E-state index contributed by atoms with van der Waals surface area (Å²) in [7, 11) is 0. The number of benzene rings is 1. The molecule has 0 amide bonds. The third kappa shape index (κ3) is 2.35. The van der Waals surface area contributed by atoms with Crippen LogP contribution in [0.25, 0.3) is 10.9 Å². The number of nitrogens with zero attached hydrogens (tertiary/aromatic N) is 1. The smallest absolute Gasteiger partial charge is 0.129 e. The monoisotopic (exact) mass is 283 g/mol. The molecule has 2 aliphatic carbocycles. The molecule has 2 nitrogen and oxygen atoms in total. The van der Waals surface area contributed by atoms with Crippen LogP contribution in [-0.4, -0.2) is 10.7 Å². The van der Waals surface area contributed by atoms with E-state index >= 15 is 0 Å². The van der Waals surface area contributed by atoms with Crippen molar-refractivity contribution in [1.29, 1.82) is 0 Å². The van der Waals surface area contributed by atoms with Gasteiger partial charge in [0.1, 0.15) is 5.75 Å². The van der Waals surface area contributed by atoms with Crippen LogP contribution in [0.4, 0.5) is 0 Å². The van der Waals surface area contributed by atoms with Gasteiger partial charge in [-0.15, -0.1) is 0 Å². The van der Waals surface area contributed by atoms with Crippen LogP contribution in [-0.2, 0) is 6.54 Å². The van der Waals surface area contributed by atoms with Gasteiger partial charge >= 0.3 is 0 Å². The molecule has 1 aromatic carbocycles. The van der Waals surface area contributed by atoms with Crippen LogP contribution in [0.2, 0.25) is 0 Å². The van der Waals surface area contributed by atoms with Crippen molar-refractivity contribution in [3.63, 3.8) is 0 Å². The molecular formula is C19H25NO. The van der Waals surface area contributed by atoms with E-state index in [0.29, 0.717) is 0 Å². The van der Waals surface area contributed by atoms with E-state index in [2.05, 4.69) is 48.9 Å². The molecule has 2 bridgehead atoms. The molecule has 0 radical (unpaired) electrons. The summed E-state index contributed by atoms with van der Waals surface area (Å²) in [5.41, 5.74) is 1.33. The minimum atomic E-state index is 0.226. The van der Waals surface area contributed by atoms with Crippen LogP contribution in [0.1, 0.15) is 39.5 Å². The van der Waals surface area contributed by atoms with Gasteiger partial charge in [-0.05, 0) is 69.1 Å². The minimum absolute atomic E-state index is 0.226. The van der Waals surface area contributed by atoms with Crippen molar-refractivity contribution in [2.24, 2.45) is 17.8 Å². The topological polar surface area (TPSA) is 14.2 Å². The molecule has 2 heteroatoms. The van der Waals surface area contributed by atoms with Gasteiger partial charge in [0.15, 0.2) is 0 Å². The van der Waals surface area contributed by atoms with Crippen LogP contribution in [0.5, 0.6) is 5.75 Å². The Balaban J connectivity index is 1.61. The predicted molar refractivity (Wildman–Crippen MR) is 86.6 cm³/mol. The summed E-state index contributed by atoms with van der Waals surface area (Å²) < 4.78 is 8.40. The predicted octanol–water partition coefficient (Wildman–Crippen LogP) is 4.86. The lowest BCUT2D eigenvalue weighted by atomic mass is 9.89. The lowest BCUT2D eigenvalue weighted by Crippen LogP contribution is -2.16. The molecule has 3 unspecified atom stereocenters. The second-order valence-electron chi connectivity index (χ2n) is 7.26. The van der Waals surface area contributed by atoms with Crippen LogP contribution >= 0.6 is 0 Å². The quantitative estimate of drug-likeness (QED) is 0.781. The number of fused-ring (bicyclic) bond motifs is 3. The molecule has 0 aliphatic heterocycles. The standard InChI is InChI=1S/C19H25NO/c1-13(2)21-19-5-3-4-18-17(19)8-9-20(18)12-16-11-14-6-7-15(16)10-14/h3-5,8-9,13-16H,6-7,10-12H2,1-2H3. The second kappa shape index (κ2) is 5.08. The van der Waals surface area contributed by atoms with Gasteiger partial charge < -0.3 is 9.30 Å². The molecule has 2 fully saturated rings. The summed E-state index contributed by atoms with van der Waals surface area (Å²) in [5.74, 6) is 3.94. The summed E-state index contributed by atoms with van der Waals surface area (Å²) in [6.07, 6.45) is 8.38. The van der Waals surface area contributed by atoms with E-state index in [1.165, 1.54) is 43.1 Å². The lowest BCUT2D eigenvalue weighted by molar-refractivity contribution is 0.245. The molecule has 3 atom stereocenters. The fourth-order valence-corrected chi connectivity index (χ4v) is 4.56. The van der Waals surface area contributed by atoms with Gasteiger partial charge in [-0.25, -0.2) is 0 Å². The Morgan fingerprint density at radius 3 is 2.81 bits per heavy atom. The largest absolute Gasteiger partial charge is 0.490 e. The summed E-state index contributed by atoms with van der Waals surface area (Å²) in [5, 5.41) is 1.26. The molecule has 2 aromatic rings. The highest BCUT2D eigenvalue weighted by molar-refractivity contribution is 5.86. The Morgan fingerprint density at radius 2 is 2.10 bits per heavy atom. The van der Waals surface area contributed by atoms with E-state index in [0.717, 1.165) is 23.5 Å². The van der Waals surface area contributed by atoms with Gasteiger partial charge in [-0.3, -0.25) is 0 Å². The molecule has 0 spiro atoms. The Hall–Kier alpha value is -1.44. The molecule has 21 heavy (non-hydrogen) atoms. The maximum atomic E-state index is 5.95. The number of hydrogen-bond acceptors (Lipinski definition) is 1. The number of aromatic nitrogens is 1. The van der Waals surface area contributed by atoms with Crippen LogP contribution < -0.4 is 4.74 Å². The maximum absolute atomic E-state index is 5.95. The first-order valence-electron chi connectivity index (χ1n) is 8.45. The third-order valence-electron chi connectivity index (χ3n) is 5.45. The SMILES string of the molecule is CC(C)Oc1cccc2c1ccn2CC1CC2CCC1C2. The summed E-state index contributed by atoms with van der Waals surface area (Å²) in [4.78, 5) is 0. The van der Waals surface area contributed by atoms with Gasteiger partial charge in [0.25, 0.3) is 0 Å². The summed E-state index contributed by atoms with van der Waals surface area (Å²) in [6, 6.07) is 8.66. The van der Waals surface area contributed by atoms with E-state index < -0.39 is 0 Å². The van der Waals surface area contributed by atoms with E-state index in [1.54, 1.807) is 0 Å². The van der Waals surface area contributed by atoms with Gasteiger partial charge in [-0.2, -0.15) is 0 Å². The zero-order valence-electron chi connectivity index (χ0n) is 13.1. The molecule has 1 aromatic heterocycles. The fourth-order valence-electron chi connectivity index (χ4n) is 4.56. The Kier molecular flexibility index (Phi) is 3.20. The highest BCUT2D eigenvalue weighted by atomic mass is 16.5. The van der Waals surface area contributed by atoms with E-state index in [9.17, 15) is 0 Å². The molecule has 112 valence electrons. The van der Waals surface area contributed by atoms with Gasteiger partial charge in [0.2, 0.25) is 0 Å². The molecule has 1 heterocycles. The van der Waals surface area contributed by atoms with Crippen molar-refractivity contribution in [2.75, 3.05) is 0 Å². The number of ether oxygens (including phenoxy) is 1. The number of hydrogen-bond donors (Lipinski definition) is 0. The summed E-state index contributed by atoms with van der Waals surface area (Å²) >= 11 is 0. The fraction of sp³-hybridized carbons (Fsp3) is 0.579. The molecule has 0 N–H and O–H groups in total. The average molecular weight is 283 g/mol. The van der Waals surface area contributed by atoms with Crippen molar-refractivity contribution in [2.45, 2.75) is 52.2 Å². The summed E-state index contributed by atoms with van der Waals surface area (Å²) in [6.45, 7) is 5.37. The zero-order chi connectivity index (χ0) is 14.4. The molecule has 2 aliphatic rings. The number of rotatable bonds is 4. The van der Waals surface area contributed by atoms with Crippen molar-refractivity contribution < 1.29 is 4.74 Å². The van der Waals surface area contributed by atoms with Crippen molar-refractivity contribution in [3.8, 4) is 5.75 Å². The zero-order valence-corrected chi connectivity index (χ0v) is 13.1. The van der Waals surface area contributed by atoms with Gasteiger partial charge in [0.05, 0.1) is 11.6 Å². The first-order chi connectivity index (χ1) is 10.2. The molecule has 2 saturated carbocycles. The Morgan fingerprint density at radius 1 is 1.19 bits per heavy atom. The maximum Gasteiger partial charge on any atom is 0.129 e.